The van der Waals surface area contributed by atoms with Gasteiger partial charge in [-0.3, -0.25) is 0 Å². The van der Waals surface area contributed by atoms with Gasteiger partial charge in [0.2, 0.25) is 0 Å². The summed E-state index contributed by atoms with van der Waals surface area (Å²) in [5, 5.41) is 23.9. The van der Waals surface area contributed by atoms with E-state index >= 15 is 0 Å². The normalized spacial score (nSPS) is 10.1. The van der Waals surface area contributed by atoms with Gasteiger partial charge in [0.05, 0.1) is 0 Å². The van der Waals surface area contributed by atoms with Crippen LogP contribution in [0.1, 0.15) is 0 Å². The van der Waals surface area contributed by atoms with Gasteiger partial charge in [-0.15, -0.1) is 5.73 Å². The van der Waals surface area contributed by atoms with Crippen molar-refractivity contribution in [2.45, 2.75) is 5.97 Å². The van der Waals surface area contributed by atoms with Crippen LogP contribution < -0.4 is 0 Å². The van der Waals surface area contributed by atoms with Crippen LogP contribution in [-0.2, 0) is 0 Å². The van der Waals surface area contributed by atoms with E-state index < -0.39 is 5.97 Å². The first-order chi connectivity index (χ1) is 3.06. The Kier molecular flexibility index (Phi) is 1.75. The summed E-state index contributed by atoms with van der Waals surface area (Å²) in [6.45, 7) is 2.99. The molecule has 0 spiro atoms. The van der Waals surface area contributed by atoms with Crippen LogP contribution in [0.2, 0.25) is 0 Å². The molecule has 0 fully saturated rings. The van der Waals surface area contributed by atoms with Gasteiger partial charge in [-0.05, 0) is 0 Å². The molecule has 0 saturated heterocycles. The van der Waals surface area contributed by atoms with E-state index in [1.54, 1.807) is 0 Å². The zero-order valence-electron chi connectivity index (χ0n) is 3.63. The lowest BCUT2D eigenvalue weighted by Crippen LogP contribution is -2.22. The summed E-state index contributed by atoms with van der Waals surface area (Å²) in [6.07, 6.45) is 0.618. The first kappa shape index (κ1) is 6.40. The highest BCUT2D eigenvalue weighted by Gasteiger charge is 2.10. The molecule has 3 nitrogen and oxygen atoms in total. The molecule has 0 rings (SSSR count). The maximum absolute atomic E-state index is 7.97. The molecule has 3 heteroatoms. The third kappa shape index (κ3) is 5.40. The molecular weight excluding hydrogens is 96.0 g/mol. The Labute approximate surface area is 40.8 Å². The molecule has 0 aliphatic carbocycles. The first-order valence-corrected chi connectivity index (χ1v) is 1.60. The third-order valence-corrected chi connectivity index (χ3v) is 0.296. The molecule has 0 aromatic carbocycles. The van der Waals surface area contributed by atoms with Crippen molar-refractivity contribution in [1.82, 2.24) is 0 Å². The number of aliphatic hydroxyl groups is 3. The van der Waals surface area contributed by atoms with Gasteiger partial charge in [-0.2, -0.15) is 0 Å². The largest absolute Gasteiger partial charge is 0.340 e. The zero-order chi connectivity index (χ0) is 5.91. The van der Waals surface area contributed by atoms with E-state index in [0.29, 0.717) is 6.08 Å². The molecule has 0 aliphatic heterocycles. The maximum atomic E-state index is 7.97. The summed E-state index contributed by atoms with van der Waals surface area (Å²) in [4.78, 5) is 0. The Hall–Kier alpha value is -0.600. The summed E-state index contributed by atoms with van der Waals surface area (Å²) < 4.78 is 0. The van der Waals surface area contributed by atoms with E-state index in [2.05, 4.69) is 6.58 Å². The van der Waals surface area contributed by atoms with E-state index in [4.69, 9.17) is 15.3 Å². The fourth-order valence-electron chi connectivity index (χ4n) is 0.137. The van der Waals surface area contributed by atoms with Crippen LogP contribution in [0.15, 0.2) is 18.4 Å². The minimum Gasteiger partial charge on any atom is -0.340 e. The fourth-order valence-corrected chi connectivity index (χ4v) is 0.137. The quantitative estimate of drug-likeness (QED) is 0.292. The van der Waals surface area contributed by atoms with Crippen LogP contribution in [0.4, 0.5) is 0 Å². The third-order valence-electron chi connectivity index (χ3n) is 0.296. The average molecular weight is 102 g/mol. The molecule has 0 radical (unpaired) electrons. The Morgan fingerprint density at radius 2 is 1.86 bits per heavy atom. The van der Waals surface area contributed by atoms with Gasteiger partial charge in [0.1, 0.15) is 0 Å². The van der Waals surface area contributed by atoms with E-state index in [0.717, 1.165) is 0 Å². The molecule has 0 saturated carbocycles. The molecule has 0 aromatic rings. The van der Waals surface area contributed by atoms with Crippen molar-refractivity contribution in [3.8, 4) is 0 Å². The SMILES string of the molecule is C=C=CC(O)(O)O. The molecule has 0 unspecified atom stereocenters. The predicted octanol–water partition coefficient (Wildman–Crippen LogP) is -1.04. The van der Waals surface area contributed by atoms with Gasteiger partial charge in [0.25, 0.3) is 0 Å². The molecule has 7 heavy (non-hydrogen) atoms. The zero-order valence-corrected chi connectivity index (χ0v) is 3.63. The lowest BCUT2D eigenvalue weighted by Gasteiger charge is -2.03. The Morgan fingerprint density at radius 1 is 1.43 bits per heavy atom. The van der Waals surface area contributed by atoms with Gasteiger partial charge in [0, 0.05) is 6.08 Å². The summed E-state index contributed by atoms with van der Waals surface area (Å²) in [6, 6.07) is 0. The number of rotatable bonds is 1. The standard InChI is InChI=1S/C4H6O3/c1-2-3-4(5,6)7/h3,5-7H,1H2. The van der Waals surface area contributed by atoms with Crippen molar-refractivity contribution in [3.05, 3.63) is 18.4 Å². The van der Waals surface area contributed by atoms with E-state index in [-0.39, 0.29) is 0 Å². The van der Waals surface area contributed by atoms with Crippen molar-refractivity contribution in [1.29, 1.82) is 0 Å². The van der Waals surface area contributed by atoms with Crippen molar-refractivity contribution >= 4 is 0 Å². The Bertz CT molecular complexity index is 94.0. The molecule has 0 amide bonds. The molecule has 0 atom stereocenters. The van der Waals surface area contributed by atoms with Crippen LogP contribution in [0.25, 0.3) is 0 Å². The van der Waals surface area contributed by atoms with Crippen molar-refractivity contribution in [2.24, 2.45) is 0 Å². The smallest absolute Gasteiger partial charge is 0.304 e. The number of hydrogen-bond donors (Lipinski definition) is 3. The second kappa shape index (κ2) is 1.91. The van der Waals surface area contributed by atoms with Crippen LogP contribution >= 0.6 is 0 Å². The highest BCUT2D eigenvalue weighted by molar-refractivity contribution is 4.81. The van der Waals surface area contributed by atoms with Gasteiger partial charge in [0.15, 0.2) is 0 Å². The minimum atomic E-state index is -2.75. The lowest BCUT2D eigenvalue weighted by molar-refractivity contribution is -0.273. The number of hydrogen-bond acceptors (Lipinski definition) is 3. The van der Waals surface area contributed by atoms with Crippen molar-refractivity contribution < 1.29 is 15.3 Å². The van der Waals surface area contributed by atoms with Gasteiger partial charge in [-0.1, -0.05) is 6.58 Å². The summed E-state index contributed by atoms with van der Waals surface area (Å²) in [5.41, 5.74) is 1.98. The van der Waals surface area contributed by atoms with Gasteiger partial charge in [-0.25, -0.2) is 0 Å². The summed E-state index contributed by atoms with van der Waals surface area (Å²) in [7, 11) is 0. The lowest BCUT2D eigenvalue weighted by atomic mass is 10.5. The van der Waals surface area contributed by atoms with Crippen LogP contribution in [-0.4, -0.2) is 21.3 Å². The monoisotopic (exact) mass is 102 g/mol. The molecule has 0 aliphatic rings. The second-order valence-corrected chi connectivity index (χ2v) is 1.04. The maximum Gasteiger partial charge on any atom is 0.304 e. The first-order valence-electron chi connectivity index (χ1n) is 1.60. The fraction of sp³-hybridized carbons (Fsp3) is 0.250. The topological polar surface area (TPSA) is 60.7 Å². The van der Waals surface area contributed by atoms with E-state index in [1.807, 2.05) is 5.73 Å². The molecule has 3 N–H and O–H groups in total. The van der Waals surface area contributed by atoms with Crippen molar-refractivity contribution in [3.63, 3.8) is 0 Å². The average Bonchev–Trinajstić information content (AvgIpc) is 1.30. The molecular formula is C4H6O3. The van der Waals surface area contributed by atoms with Crippen LogP contribution in [0, 0.1) is 0 Å². The summed E-state index contributed by atoms with van der Waals surface area (Å²) >= 11 is 0. The molecule has 40 valence electrons. The molecule has 0 bridgehead atoms. The highest BCUT2D eigenvalue weighted by Crippen LogP contribution is 1.89. The minimum absolute atomic E-state index is 0.618. The highest BCUT2D eigenvalue weighted by atomic mass is 16.7. The van der Waals surface area contributed by atoms with Crippen molar-refractivity contribution in [2.75, 3.05) is 0 Å². The Balaban J connectivity index is 3.80. The van der Waals surface area contributed by atoms with E-state index in [9.17, 15) is 0 Å². The molecule has 0 aromatic heterocycles. The van der Waals surface area contributed by atoms with Gasteiger partial charge < -0.3 is 15.3 Å². The Morgan fingerprint density at radius 3 is 1.86 bits per heavy atom. The second-order valence-electron chi connectivity index (χ2n) is 1.04. The van der Waals surface area contributed by atoms with E-state index in [1.165, 1.54) is 0 Å². The predicted molar refractivity (Wildman–Crippen MR) is 23.1 cm³/mol. The van der Waals surface area contributed by atoms with Crippen LogP contribution in [0.3, 0.4) is 0 Å². The summed E-state index contributed by atoms with van der Waals surface area (Å²) in [5.74, 6) is -2.75. The molecule has 0 heterocycles. The van der Waals surface area contributed by atoms with Crippen LogP contribution in [0.5, 0.6) is 0 Å². The van der Waals surface area contributed by atoms with Gasteiger partial charge >= 0.3 is 5.97 Å².